The fourth-order valence-corrected chi connectivity index (χ4v) is 3.88. The number of para-hydroxylation sites is 1. The highest BCUT2D eigenvalue weighted by molar-refractivity contribution is 7.90. The smallest absolute Gasteiger partial charge is 0.223 e. The van der Waals surface area contributed by atoms with Crippen LogP contribution in [0.15, 0.2) is 35.9 Å². The van der Waals surface area contributed by atoms with Gasteiger partial charge in [0.25, 0.3) is 0 Å². The molecule has 1 aromatic carbocycles. The first-order chi connectivity index (χ1) is 10.4. The largest absolute Gasteiger partial charge is 0.292 e. The van der Waals surface area contributed by atoms with Gasteiger partial charge in [0.15, 0.2) is 11.0 Å². The molecule has 0 amide bonds. The lowest BCUT2D eigenvalue weighted by atomic mass is 9.91. The van der Waals surface area contributed by atoms with E-state index >= 15 is 0 Å². The van der Waals surface area contributed by atoms with Crippen molar-refractivity contribution in [1.29, 1.82) is 0 Å². The third-order valence-electron chi connectivity index (χ3n) is 3.78. The van der Waals surface area contributed by atoms with Crippen LogP contribution in [0, 0.1) is 0 Å². The van der Waals surface area contributed by atoms with Gasteiger partial charge in [-0.2, -0.15) is 0 Å². The van der Waals surface area contributed by atoms with E-state index in [4.69, 9.17) is 5.14 Å². The molecule has 1 aliphatic rings. The predicted octanol–water partition coefficient (Wildman–Crippen LogP) is 2.27. The van der Waals surface area contributed by atoms with E-state index in [-0.39, 0.29) is 0 Å². The molecule has 1 aliphatic carbocycles. The molecule has 0 saturated carbocycles. The summed E-state index contributed by atoms with van der Waals surface area (Å²) in [6, 6.07) is 9.11. The van der Waals surface area contributed by atoms with Crippen molar-refractivity contribution in [2.24, 2.45) is 5.14 Å². The van der Waals surface area contributed by atoms with Gasteiger partial charge in [-0.25, -0.2) is 18.5 Å². The monoisotopic (exact) mass is 316 g/mol. The number of pyridine rings is 1. The number of ketones is 1. The van der Waals surface area contributed by atoms with E-state index in [1.54, 1.807) is 12.1 Å². The maximum absolute atomic E-state index is 12.7. The number of Topliss-reactive ketones (excluding diaryl/α,β-unsaturated/α-hetero) is 1. The molecule has 1 aromatic heterocycles. The zero-order valence-corrected chi connectivity index (χ0v) is 12.9. The minimum absolute atomic E-state index is 0.317. The number of carbonyl (C=O) groups is 1. The molecule has 5 nitrogen and oxygen atoms in total. The van der Waals surface area contributed by atoms with Gasteiger partial charge in [0.1, 0.15) is 0 Å². The average molecular weight is 316 g/mol. The summed E-state index contributed by atoms with van der Waals surface area (Å²) in [5.74, 6) is -0.485. The van der Waals surface area contributed by atoms with E-state index in [1.165, 1.54) is 0 Å². The Labute approximate surface area is 128 Å². The van der Waals surface area contributed by atoms with E-state index in [1.807, 2.05) is 31.2 Å². The van der Waals surface area contributed by atoms with Crippen molar-refractivity contribution in [1.82, 2.24) is 4.98 Å². The second kappa shape index (κ2) is 5.30. The Hall–Kier alpha value is -2.05. The summed E-state index contributed by atoms with van der Waals surface area (Å²) in [6.45, 7) is 1.93. The number of benzene rings is 1. The minimum Gasteiger partial charge on any atom is -0.292 e. The molecule has 1 heterocycles. The Morgan fingerprint density at radius 2 is 2.00 bits per heavy atom. The first kappa shape index (κ1) is 14.9. The first-order valence-electron chi connectivity index (χ1n) is 7.08. The Bertz CT molecular complexity index is 901. The second-order valence-corrected chi connectivity index (χ2v) is 7.07. The summed E-state index contributed by atoms with van der Waals surface area (Å²) in [7, 11) is -3.99. The Balaban J connectivity index is 2.26. The fraction of sp³-hybridized carbons (Fsp3) is 0.250. The number of nitrogens with two attached hydrogens (primary N) is 1. The molecule has 0 radical (unpaired) electrons. The van der Waals surface area contributed by atoms with E-state index in [0.717, 1.165) is 17.3 Å². The van der Waals surface area contributed by atoms with Crippen molar-refractivity contribution in [3.05, 3.63) is 47.2 Å². The molecule has 1 atom stereocenters. The van der Waals surface area contributed by atoms with Crippen molar-refractivity contribution < 1.29 is 13.2 Å². The third-order valence-corrected chi connectivity index (χ3v) is 4.96. The van der Waals surface area contributed by atoms with Gasteiger partial charge in [0, 0.05) is 10.9 Å². The lowest BCUT2D eigenvalue weighted by Gasteiger charge is -2.23. The molecule has 2 aromatic rings. The highest BCUT2D eigenvalue weighted by Crippen LogP contribution is 2.31. The summed E-state index contributed by atoms with van der Waals surface area (Å²) in [4.78, 5) is 17.1. The molecule has 2 N–H and O–H groups in total. The molecule has 114 valence electrons. The Morgan fingerprint density at radius 1 is 1.27 bits per heavy atom. The number of hydrogen-bond acceptors (Lipinski definition) is 4. The standard InChI is InChI=1S/C16H16N2O3S/c1-2-5-11-9-14-12(15(19)16(11)22(17,20)21)8-10-6-3-4-7-13(10)18-14/h3-4,6-9,16H,2,5H2,1H3,(H2,17,20,21). The number of carbonyl (C=O) groups excluding carboxylic acids is 1. The number of fused-ring (bicyclic) bond motifs is 2. The molecule has 0 spiro atoms. The molecule has 0 saturated heterocycles. The zero-order valence-electron chi connectivity index (χ0n) is 12.1. The summed E-state index contributed by atoms with van der Waals surface area (Å²) in [5, 5.41) is 4.79. The summed E-state index contributed by atoms with van der Waals surface area (Å²) >= 11 is 0. The molecule has 1 unspecified atom stereocenters. The van der Waals surface area contributed by atoms with Crippen LogP contribution >= 0.6 is 0 Å². The van der Waals surface area contributed by atoms with Gasteiger partial charge in [0.05, 0.1) is 11.2 Å². The molecular weight excluding hydrogens is 300 g/mol. The molecule has 0 fully saturated rings. The van der Waals surface area contributed by atoms with Crippen molar-refractivity contribution >= 4 is 32.8 Å². The average Bonchev–Trinajstić information content (AvgIpc) is 2.44. The van der Waals surface area contributed by atoms with Crippen LogP contribution in [0.5, 0.6) is 0 Å². The molecule has 3 rings (SSSR count). The van der Waals surface area contributed by atoms with Crippen molar-refractivity contribution in [3.8, 4) is 0 Å². The number of sulfonamides is 1. The second-order valence-electron chi connectivity index (χ2n) is 5.42. The van der Waals surface area contributed by atoms with Gasteiger partial charge < -0.3 is 0 Å². The summed E-state index contributed by atoms with van der Waals surface area (Å²) < 4.78 is 23.7. The van der Waals surface area contributed by atoms with Crippen molar-refractivity contribution in [2.75, 3.05) is 0 Å². The van der Waals surface area contributed by atoms with Gasteiger partial charge in [-0.3, -0.25) is 4.79 Å². The number of primary sulfonamides is 1. The minimum atomic E-state index is -3.99. The van der Waals surface area contributed by atoms with Gasteiger partial charge in [0.2, 0.25) is 10.0 Å². The number of hydrogen-bond donors (Lipinski definition) is 1. The Kier molecular flexibility index (Phi) is 3.58. The van der Waals surface area contributed by atoms with Crippen LogP contribution in [0.1, 0.15) is 35.8 Å². The predicted molar refractivity (Wildman–Crippen MR) is 85.9 cm³/mol. The maximum atomic E-state index is 12.7. The molecule has 22 heavy (non-hydrogen) atoms. The Morgan fingerprint density at radius 3 is 2.68 bits per heavy atom. The normalized spacial score (nSPS) is 18.2. The zero-order chi connectivity index (χ0) is 15.9. The lowest BCUT2D eigenvalue weighted by Crippen LogP contribution is -2.39. The quantitative estimate of drug-likeness (QED) is 0.940. The molecule has 6 heteroatoms. The van der Waals surface area contributed by atoms with Gasteiger partial charge in [-0.15, -0.1) is 0 Å². The van der Waals surface area contributed by atoms with Crippen LogP contribution in [0.3, 0.4) is 0 Å². The van der Waals surface area contributed by atoms with Crippen LogP contribution in [-0.4, -0.2) is 24.4 Å². The highest BCUT2D eigenvalue weighted by atomic mass is 32.2. The van der Waals surface area contributed by atoms with Gasteiger partial charge in [-0.1, -0.05) is 31.5 Å². The van der Waals surface area contributed by atoms with E-state index < -0.39 is 21.1 Å². The molecule has 0 aliphatic heterocycles. The SMILES string of the molecule is CCCC1=Cc2nc3ccccc3cc2C(=O)C1S(N)(=O)=O. The number of rotatable bonds is 3. The van der Waals surface area contributed by atoms with Crippen molar-refractivity contribution in [2.45, 2.75) is 25.0 Å². The summed E-state index contributed by atoms with van der Waals surface area (Å²) in [5.41, 5.74) is 2.13. The number of nitrogens with zero attached hydrogens (tertiary/aromatic N) is 1. The van der Waals surface area contributed by atoms with E-state index in [2.05, 4.69) is 4.98 Å². The fourth-order valence-electron chi connectivity index (χ4n) is 2.85. The number of aromatic nitrogens is 1. The van der Waals surface area contributed by atoms with Crippen molar-refractivity contribution in [3.63, 3.8) is 0 Å². The third kappa shape index (κ3) is 2.44. The first-order valence-corrected chi connectivity index (χ1v) is 8.69. The van der Waals surface area contributed by atoms with Crippen LogP contribution in [0.2, 0.25) is 0 Å². The van der Waals surface area contributed by atoms with Crippen LogP contribution in [0.25, 0.3) is 17.0 Å². The van der Waals surface area contributed by atoms with Gasteiger partial charge >= 0.3 is 0 Å². The van der Waals surface area contributed by atoms with Crippen LogP contribution in [0.4, 0.5) is 0 Å². The highest BCUT2D eigenvalue weighted by Gasteiger charge is 2.38. The van der Waals surface area contributed by atoms with E-state index in [0.29, 0.717) is 23.3 Å². The van der Waals surface area contributed by atoms with Crippen LogP contribution < -0.4 is 5.14 Å². The topological polar surface area (TPSA) is 90.1 Å². The molecule has 0 bridgehead atoms. The van der Waals surface area contributed by atoms with E-state index in [9.17, 15) is 13.2 Å². The van der Waals surface area contributed by atoms with Gasteiger partial charge in [-0.05, 0) is 30.2 Å². The maximum Gasteiger partial charge on any atom is 0.223 e. The lowest BCUT2D eigenvalue weighted by molar-refractivity contribution is 0.0993. The molecular formula is C16H16N2O3S. The summed E-state index contributed by atoms with van der Waals surface area (Å²) in [6.07, 6.45) is 2.93. The van der Waals surface area contributed by atoms with Crippen LogP contribution in [-0.2, 0) is 10.0 Å².